The van der Waals surface area contributed by atoms with Crippen LogP contribution in [0.15, 0.2) is 195 Å². The second-order valence-electron chi connectivity index (χ2n) is 36.6. The standard InChI is InChI=1S/C96H73BN7O7P/c105-91-59-20-8-4-16-51(59)66-43-68-64-40-46(47-34-37-71-79-77(47)62-33-32-54-48-13-1-5-17-56(48)93(107)101-72-38-35-55-49-14-2-6-18-57(49)92(106)100(71)84(55)80(72)97(79)78(62)83(54)101)28-31-61(64)95(109)99-70-36-29-45(41-76(70)112(111)75-26-10-9-23-69(75)98(91)87(66)90(112)88(68)99)44-27-30-60-63(39-44)67-42-65-50-15-3-7-19-58(50)94(108)102-73-24-11-21-52-53-22-12-25-74-82(53)104(81(52)73)89(85(65)102)86(67)103(74)96(60)110/h1-2,4-6,8-10,13-14,16-18,20,23,26,28-29,31-38,40-41,43-44,50,52-53,58,60,63,65,67,73-74,81-82,85-86,89H,3,7,11-12,15,19,21-22,24-25,27,30,39,42H2. The van der Waals surface area contributed by atoms with Gasteiger partial charge in [-0.3, -0.25) is 51.9 Å². The largest absolute Gasteiger partial charge is 0.333 e. The van der Waals surface area contributed by atoms with Crippen LogP contribution in [0.25, 0.3) is 132 Å². The fourth-order valence-electron chi connectivity index (χ4n) is 29.5. The van der Waals surface area contributed by atoms with Crippen molar-refractivity contribution in [2.24, 2.45) is 47.3 Å². The number of amides is 2. The van der Waals surface area contributed by atoms with Gasteiger partial charge < -0.3 is 14.4 Å². The second-order valence-corrected chi connectivity index (χ2v) is 39.2. The van der Waals surface area contributed by atoms with Crippen molar-refractivity contribution in [1.82, 2.24) is 33.0 Å². The first-order chi connectivity index (χ1) is 55.0. The van der Waals surface area contributed by atoms with Crippen molar-refractivity contribution in [1.29, 1.82) is 0 Å². The molecule has 0 radical (unpaired) electrons. The second kappa shape index (κ2) is 20.2. The average molecular weight is 1480 g/mol. The summed E-state index contributed by atoms with van der Waals surface area (Å²) >= 11 is 0. The Morgan fingerprint density at radius 1 is 0.339 bits per heavy atom. The Kier molecular flexibility index (Phi) is 11.0. The van der Waals surface area contributed by atoms with Gasteiger partial charge in [0.15, 0.2) is 7.14 Å². The van der Waals surface area contributed by atoms with Crippen LogP contribution in [0.1, 0.15) is 101 Å². The molecule has 5 saturated carbocycles. The molecule has 10 fully saturated rings. The van der Waals surface area contributed by atoms with Gasteiger partial charge in [-0.2, -0.15) is 0 Å². The molecule has 17 unspecified atom stereocenters. The molecule has 17 atom stereocenters. The molecule has 14 heterocycles. The van der Waals surface area contributed by atoms with Gasteiger partial charge in [-0.25, -0.2) is 0 Å². The number of rotatable bonds is 2. The Morgan fingerprint density at radius 2 is 0.857 bits per heavy atom. The van der Waals surface area contributed by atoms with E-state index in [1.807, 2.05) is 117 Å². The summed E-state index contributed by atoms with van der Waals surface area (Å²) in [7, 11) is -4.06. The van der Waals surface area contributed by atoms with Gasteiger partial charge >= 0.3 is 0 Å². The normalized spacial score (nSPS) is 30.7. The lowest BCUT2D eigenvalue weighted by Gasteiger charge is -2.73. The Labute approximate surface area is 641 Å². The number of fused-ring (bicyclic) bond motifs is 24. The highest BCUT2D eigenvalue weighted by Crippen LogP contribution is 2.67. The number of para-hydroxylation sites is 1. The third-order valence-corrected chi connectivity index (χ3v) is 36.1. The fraction of sp³-hybridized carbons (Fsp3) is 0.312. The number of piperazine rings is 2. The van der Waals surface area contributed by atoms with E-state index in [2.05, 4.69) is 87.5 Å². The van der Waals surface area contributed by atoms with E-state index in [0.29, 0.717) is 119 Å². The molecule has 14 nitrogen and oxygen atoms in total. The topological polar surface area (TPSA) is 149 Å². The third-order valence-electron chi connectivity index (χ3n) is 33.0. The Bertz CT molecular complexity index is 7390. The lowest BCUT2D eigenvalue weighted by molar-refractivity contribution is -0.238. The molecule has 542 valence electrons. The number of aromatic nitrogens is 4. The van der Waals surface area contributed by atoms with Gasteiger partial charge in [0.2, 0.25) is 11.8 Å². The number of benzene rings is 10. The monoisotopic (exact) mass is 1480 g/mol. The van der Waals surface area contributed by atoms with E-state index in [9.17, 15) is 0 Å². The molecule has 0 spiro atoms. The zero-order chi connectivity index (χ0) is 73.1. The number of piperidine rings is 2. The molecule has 0 N–H and O–H groups in total. The highest BCUT2D eigenvalue weighted by molar-refractivity contribution is 7.86. The molecule has 14 aromatic rings. The predicted octanol–water partition coefficient (Wildman–Crippen LogP) is 12.7. The average Bonchev–Trinajstić information content (AvgIpc) is 0.985. The van der Waals surface area contributed by atoms with Crippen LogP contribution in [0.3, 0.4) is 0 Å². The summed E-state index contributed by atoms with van der Waals surface area (Å²) < 4.78 is 25.9. The maximum atomic E-state index is 18.5. The van der Waals surface area contributed by atoms with Crippen molar-refractivity contribution in [3.8, 4) is 45.0 Å². The van der Waals surface area contributed by atoms with E-state index in [1.165, 1.54) is 32.1 Å². The molecule has 0 bridgehead atoms. The van der Waals surface area contributed by atoms with E-state index < -0.39 is 7.14 Å². The number of carbonyl (C=O) groups excluding carboxylic acids is 2. The minimum Gasteiger partial charge on any atom is -0.333 e. The van der Waals surface area contributed by atoms with Crippen LogP contribution in [-0.2, 0) is 14.2 Å². The first kappa shape index (κ1) is 60.9. The molecule has 5 saturated heterocycles. The number of carbonyl (C=O) groups is 2. The molecule has 16 heteroatoms. The van der Waals surface area contributed by atoms with Crippen LogP contribution in [0.4, 0.5) is 0 Å². The van der Waals surface area contributed by atoms with E-state index in [-0.39, 0.29) is 82.8 Å². The summed E-state index contributed by atoms with van der Waals surface area (Å²) in [5.41, 5.74) is 12.6. The van der Waals surface area contributed by atoms with Crippen LogP contribution < -0.4 is 54.5 Å². The lowest BCUT2D eigenvalue weighted by atomic mass is 9.36. The summed E-state index contributed by atoms with van der Waals surface area (Å²) in [6.45, 7) is -0.323. The van der Waals surface area contributed by atoms with Crippen LogP contribution in [0.2, 0.25) is 0 Å². The summed E-state index contributed by atoms with van der Waals surface area (Å²) in [6.07, 6.45) is 15.0. The van der Waals surface area contributed by atoms with Crippen molar-refractivity contribution >= 4 is 145 Å². The minimum absolute atomic E-state index is 0.0469. The zero-order valence-corrected chi connectivity index (χ0v) is 62.3. The van der Waals surface area contributed by atoms with Crippen LogP contribution in [-0.4, -0.2) is 93.8 Å². The quantitative estimate of drug-likeness (QED) is 0.0719. The van der Waals surface area contributed by atoms with Gasteiger partial charge in [-0.05, 0) is 244 Å². The van der Waals surface area contributed by atoms with E-state index in [4.69, 9.17) is 0 Å². The molecular weight excluding hydrogens is 1400 g/mol. The summed E-state index contributed by atoms with van der Waals surface area (Å²) in [5, 5.41) is 10.6. The van der Waals surface area contributed by atoms with E-state index in [1.54, 1.807) is 4.57 Å². The van der Waals surface area contributed by atoms with Crippen LogP contribution >= 0.6 is 7.14 Å². The number of hydrogen-bond acceptors (Lipinski definition) is 8. The minimum atomic E-state index is -4.06. The Morgan fingerprint density at radius 3 is 1.54 bits per heavy atom. The van der Waals surface area contributed by atoms with Gasteiger partial charge in [-0.1, -0.05) is 129 Å². The van der Waals surface area contributed by atoms with Gasteiger partial charge in [-0.15, -0.1) is 0 Å². The number of pyridine rings is 4. The first-order valence-corrected chi connectivity index (χ1v) is 43.5. The van der Waals surface area contributed by atoms with Gasteiger partial charge in [0.1, 0.15) is 0 Å². The molecule has 10 aliphatic heterocycles. The summed E-state index contributed by atoms with van der Waals surface area (Å²) in [6, 6.07) is 60.7. The van der Waals surface area contributed by atoms with Crippen molar-refractivity contribution in [3.63, 3.8) is 0 Å². The molecule has 4 aromatic heterocycles. The Hall–Kier alpha value is -10.7. The van der Waals surface area contributed by atoms with Crippen LogP contribution in [0, 0.1) is 47.3 Å². The SMILES string of the molecule is O=C1C2CCCCC2C2CC3C4CC(c5ccc6c(c5)P5(=O)c7ccccc7-n7c(=O)c8ccccc8c8cc9c%10cc(-c%11ccc%12c%13c%11-c%11ccc%14c%15ccccc%15c(=O)n%15c%14c%11B%13c%11c-%15ccc%13c%14ccccc%14c(=O)n-%12c%11%13)ccc%10c(=O)n-6c9c5c87)CCC4C(=O)N4C5CCCC6C7CCCC8C7N(C65)C(C2N18)C34. The van der Waals surface area contributed by atoms with Gasteiger partial charge in [0, 0.05) is 101 Å². The maximum absolute atomic E-state index is 18.5. The molecule has 29 rings (SSSR count). The lowest BCUT2D eigenvalue weighted by Crippen LogP contribution is -2.86. The molecule has 112 heavy (non-hydrogen) atoms. The molecule has 5 aliphatic carbocycles. The molecular formula is C96H73BN7O7P. The van der Waals surface area contributed by atoms with Crippen molar-refractivity contribution in [3.05, 3.63) is 223 Å². The molecule has 10 aromatic carbocycles. The highest BCUT2D eigenvalue weighted by Gasteiger charge is 2.75. The third kappa shape index (κ3) is 6.63. The smallest absolute Gasteiger partial charge is 0.263 e. The van der Waals surface area contributed by atoms with Crippen molar-refractivity contribution in [2.75, 3.05) is 0 Å². The van der Waals surface area contributed by atoms with Gasteiger partial charge in [0.25, 0.3) is 28.9 Å². The summed E-state index contributed by atoms with van der Waals surface area (Å²) in [4.78, 5) is 103. The zero-order valence-electron chi connectivity index (χ0n) is 61.4. The van der Waals surface area contributed by atoms with Gasteiger partial charge in [0.05, 0.1) is 56.9 Å². The summed E-state index contributed by atoms with van der Waals surface area (Å²) in [5.74, 6) is 3.35. The van der Waals surface area contributed by atoms with Crippen molar-refractivity contribution < 1.29 is 14.2 Å². The molecule has 15 aliphatic rings. The molecule has 2 amide bonds. The van der Waals surface area contributed by atoms with E-state index in [0.717, 1.165) is 162 Å². The number of hydrogen-bond donors (Lipinski definition) is 0. The first-order valence-electron chi connectivity index (χ1n) is 41.8. The Balaban J connectivity index is 0.635. The fourth-order valence-corrected chi connectivity index (χ4v) is 32.9. The maximum Gasteiger partial charge on any atom is 0.263 e. The number of nitrogens with zero attached hydrogens (tertiary/aromatic N) is 7. The van der Waals surface area contributed by atoms with Crippen molar-refractivity contribution in [2.45, 2.75) is 138 Å². The highest BCUT2D eigenvalue weighted by atomic mass is 31.2. The predicted molar refractivity (Wildman–Crippen MR) is 442 cm³/mol. The van der Waals surface area contributed by atoms with Crippen LogP contribution in [0.5, 0.6) is 0 Å². The van der Waals surface area contributed by atoms with E-state index >= 15 is 33.3 Å².